The first kappa shape index (κ1) is 15.0. The number of hydrogen-bond acceptors (Lipinski definition) is 4. The molecule has 25 heavy (non-hydrogen) atoms. The summed E-state index contributed by atoms with van der Waals surface area (Å²) in [5.41, 5.74) is -0.719. The standard InChI is InChI=1S/C19H17F2NO3/c20-19(21)11-9-13-14(10-11)18(13,19)17(23)25-8-7-24-16-5-6-22-15-4-2-1-3-12(15)16/h1-6,11,13-14H,7-10H2. The van der Waals surface area contributed by atoms with Gasteiger partial charge in [0, 0.05) is 17.5 Å². The SMILES string of the molecule is O=C(OCCOc1ccnc2ccccc12)C12C3CC(CC31)C2(F)F. The maximum atomic E-state index is 14.3. The summed E-state index contributed by atoms with van der Waals surface area (Å²) in [7, 11) is 0. The van der Waals surface area contributed by atoms with Crippen LogP contribution in [0.3, 0.4) is 0 Å². The van der Waals surface area contributed by atoms with E-state index in [4.69, 9.17) is 9.47 Å². The zero-order chi connectivity index (χ0) is 17.2. The van der Waals surface area contributed by atoms with Gasteiger partial charge in [-0.3, -0.25) is 9.78 Å². The van der Waals surface area contributed by atoms with Crippen LogP contribution in [0.5, 0.6) is 5.75 Å². The Morgan fingerprint density at radius 1 is 1.16 bits per heavy atom. The Morgan fingerprint density at radius 3 is 2.64 bits per heavy atom. The predicted octanol–water partition coefficient (Wildman–Crippen LogP) is 3.45. The van der Waals surface area contributed by atoms with Crippen LogP contribution >= 0.6 is 0 Å². The summed E-state index contributed by atoms with van der Waals surface area (Å²) in [4.78, 5) is 16.6. The van der Waals surface area contributed by atoms with Crippen molar-refractivity contribution in [1.82, 2.24) is 4.98 Å². The molecule has 2 atom stereocenters. The van der Waals surface area contributed by atoms with Crippen molar-refractivity contribution in [3.63, 3.8) is 0 Å². The second-order valence-corrected chi connectivity index (χ2v) is 7.18. The van der Waals surface area contributed by atoms with Crippen LogP contribution in [-0.4, -0.2) is 30.1 Å². The fourth-order valence-electron chi connectivity index (χ4n) is 5.12. The van der Waals surface area contributed by atoms with Crippen molar-refractivity contribution >= 4 is 16.9 Å². The summed E-state index contributed by atoms with van der Waals surface area (Å²) in [6.45, 7) is 0.0948. The number of nitrogens with zero attached hydrogens (tertiary/aromatic N) is 1. The second kappa shape index (κ2) is 4.90. The lowest BCUT2D eigenvalue weighted by Crippen LogP contribution is -2.37. The van der Waals surface area contributed by atoms with Crippen molar-refractivity contribution in [3.05, 3.63) is 36.5 Å². The number of benzene rings is 1. The molecule has 6 rings (SSSR count). The fraction of sp³-hybridized carbons (Fsp3) is 0.474. The molecule has 4 aliphatic carbocycles. The van der Waals surface area contributed by atoms with Crippen LogP contribution < -0.4 is 4.74 Å². The van der Waals surface area contributed by atoms with Crippen LogP contribution in [-0.2, 0) is 9.53 Å². The summed E-state index contributed by atoms with van der Waals surface area (Å²) in [5, 5.41) is 0.861. The van der Waals surface area contributed by atoms with E-state index in [0.717, 1.165) is 10.9 Å². The number of carbonyl (C=O) groups excluding carboxylic acids is 1. The normalized spacial score (nSPS) is 33.4. The highest BCUT2D eigenvalue weighted by atomic mass is 19.3. The Morgan fingerprint density at radius 2 is 1.92 bits per heavy atom. The molecule has 0 radical (unpaired) electrons. The molecule has 2 aromatic rings. The highest BCUT2D eigenvalue weighted by molar-refractivity contribution is 5.85. The van der Waals surface area contributed by atoms with E-state index in [1.54, 1.807) is 12.3 Å². The van der Waals surface area contributed by atoms with E-state index in [9.17, 15) is 13.6 Å². The zero-order valence-corrected chi connectivity index (χ0v) is 13.5. The summed E-state index contributed by atoms with van der Waals surface area (Å²) >= 11 is 0. The van der Waals surface area contributed by atoms with Gasteiger partial charge in [-0.05, 0) is 42.9 Å². The predicted molar refractivity (Wildman–Crippen MR) is 85.3 cm³/mol. The zero-order valence-electron chi connectivity index (χ0n) is 13.5. The summed E-state index contributed by atoms with van der Waals surface area (Å²) in [5.74, 6) is -3.99. The van der Waals surface area contributed by atoms with Crippen molar-refractivity contribution in [3.8, 4) is 5.75 Å². The number of esters is 1. The first-order chi connectivity index (χ1) is 12.1. The number of alkyl halides is 2. The Kier molecular flexibility index (Phi) is 2.95. The Labute approximate surface area is 143 Å². The molecule has 2 unspecified atom stereocenters. The van der Waals surface area contributed by atoms with Gasteiger partial charge in [0.05, 0.1) is 5.52 Å². The maximum absolute atomic E-state index is 14.3. The molecule has 1 heterocycles. The Balaban J connectivity index is 1.22. The lowest BCUT2D eigenvalue weighted by Gasteiger charge is -2.21. The van der Waals surface area contributed by atoms with Crippen LogP contribution in [0.25, 0.3) is 10.9 Å². The minimum absolute atomic E-state index is 0.0303. The highest BCUT2D eigenvalue weighted by Crippen LogP contribution is 2.84. The van der Waals surface area contributed by atoms with E-state index in [2.05, 4.69) is 4.98 Å². The first-order valence-corrected chi connectivity index (χ1v) is 8.58. The van der Waals surface area contributed by atoms with E-state index < -0.39 is 23.2 Å². The van der Waals surface area contributed by atoms with E-state index in [1.165, 1.54) is 0 Å². The van der Waals surface area contributed by atoms with Crippen LogP contribution in [0, 0.1) is 23.2 Å². The number of hydrogen-bond donors (Lipinski definition) is 0. The number of pyridine rings is 1. The number of fused-ring (bicyclic) bond motifs is 1. The summed E-state index contributed by atoms with van der Waals surface area (Å²) in [6, 6.07) is 9.28. The van der Waals surface area contributed by atoms with Crippen molar-refractivity contribution < 1.29 is 23.0 Å². The van der Waals surface area contributed by atoms with Crippen LogP contribution in [0.15, 0.2) is 36.5 Å². The highest BCUT2D eigenvalue weighted by Gasteiger charge is 2.92. The molecular formula is C19H17F2NO3. The van der Waals surface area contributed by atoms with Gasteiger partial charge in [0.1, 0.15) is 24.4 Å². The van der Waals surface area contributed by atoms with E-state index in [-0.39, 0.29) is 25.0 Å². The molecule has 1 aromatic carbocycles. The average molecular weight is 345 g/mol. The molecule has 0 saturated heterocycles. The van der Waals surface area contributed by atoms with Crippen LogP contribution in [0.4, 0.5) is 8.78 Å². The number of aromatic nitrogens is 1. The number of halogens is 2. The van der Waals surface area contributed by atoms with Gasteiger partial charge in [-0.2, -0.15) is 0 Å². The van der Waals surface area contributed by atoms with Gasteiger partial charge in [-0.1, -0.05) is 12.1 Å². The minimum Gasteiger partial charge on any atom is -0.489 e. The van der Waals surface area contributed by atoms with Gasteiger partial charge in [0.2, 0.25) is 0 Å². The van der Waals surface area contributed by atoms with Gasteiger partial charge < -0.3 is 9.47 Å². The van der Waals surface area contributed by atoms with Crippen LogP contribution in [0.2, 0.25) is 0 Å². The quantitative estimate of drug-likeness (QED) is 0.615. The third-order valence-electron chi connectivity index (χ3n) is 6.21. The van der Waals surface area contributed by atoms with Crippen molar-refractivity contribution in [2.75, 3.05) is 13.2 Å². The molecule has 4 bridgehead atoms. The van der Waals surface area contributed by atoms with Crippen molar-refractivity contribution in [2.24, 2.45) is 23.2 Å². The van der Waals surface area contributed by atoms with E-state index >= 15 is 0 Å². The van der Waals surface area contributed by atoms with Gasteiger partial charge in [-0.15, -0.1) is 0 Å². The molecule has 0 spiro atoms. The van der Waals surface area contributed by atoms with E-state index in [1.807, 2.05) is 24.3 Å². The lowest BCUT2D eigenvalue weighted by atomic mass is 9.99. The van der Waals surface area contributed by atoms with Gasteiger partial charge in [0.15, 0.2) is 0 Å². The lowest BCUT2D eigenvalue weighted by molar-refractivity contribution is -0.168. The van der Waals surface area contributed by atoms with Crippen LogP contribution in [0.1, 0.15) is 12.8 Å². The minimum atomic E-state index is -2.90. The fourth-order valence-corrected chi connectivity index (χ4v) is 5.12. The molecule has 4 nitrogen and oxygen atoms in total. The Bertz CT molecular complexity index is 851. The molecule has 4 saturated carbocycles. The number of para-hydroxylation sites is 1. The summed E-state index contributed by atoms with van der Waals surface area (Å²) < 4.78 is 39.5. The number of carbonyl (C=O) groups is 1. The Hall–Kier alpha value is -2.24. The average Bonchev–Trinajstić information content (AvgIpc) is 2.86. The molecule has 1 aromatic heterocycles. The maximum Gasteiger partial charge on any atom is 0.318 e. The van der Waals surface area contributed by atoms with Gasteiger partial charge >= 0.3 is 5.97 Å². The molecule has 0 aliphatic heterocycles. The van der Waals surface area contributed by atoms with Crippen molar-refractivity contribution in [2.45, 2.75) is 18.8 Å². The number of ether oxygens (including phenoxy) is 2. The molecule has 4 fully saturated rings. The van der Waals surface area contributed by atoms with E-state index in [0.29, 0.717) is 18.6 Å². The molecule has 6 heteroatoms. The smallest absolute Gasteiger partial charge is 0.318 e. The van der Waals surface area contributed by atoms with Crippen molar-refractivity contribution in [1.29, 1.82) is 0 Å². The largest absolute Gasteiger partial charge is 0.489 e. The molecule has 4 aliphatic rings. The third-order valence-corrected chi connectivity index (χ3v) is 6.21. The monoisotopic (exact) mass is 345 g/mol. The molecule has 130 valence electrons. The number of rotatable bonds is 5. The van der Waals surface area contributed by atoms with Gasteiger partial charge in [-0.25, -0.2) is 8.78 Å². The summed E-state index contributed by atoms with van der Waals surface area (Å²) in [6.07, 6.45) is 2.57. The van der Waals surface area contributed by atoms with Gasteiger partial charge in [0.25, 0.3) is 5.92 Å². The third kappa shape index (κ3) is 1.80. The topological polar surface area (TPSA) is 48.4 Å². The second-order valence-electron chi connectivity index (χ2n) is 7.18. The molecular weight excluding hydrogens is 328 g/mol. The first-order valence-electron chi connectivity index (χ1n) is 8.58. The molecule has 0 N–H and O–H groups in total. The molecule has 0 amide bonds.